The van der Waals surface area contributed by atoms with Gasteiger partial charge in [-0.3, -0.25) is 8.80 Å². The van der Waals surface area contributed by atoms with Crippen molar-refractivity contribution in [1.29, 1.82) is 0 Å². The van der Waals surface area contributed by atoms with Gasteiger partial charge in [0.2, 0.25) is 11.6 Å². The standard InChI is InChI=1S/C38H27N5/c1-37(2)24-13-8-6-11-22(24)30-25(37)17-18-26-33(30)42-29-15-9-14-28-34(29)43(35(42)39-26)36-40-32-27(41(28)36)19-16-21-20-10-5-7-12-23(20)38(3,4)31(21)32/h5-19H,1-4H3. The summed E-state index contributed by atoms with van der Waals surface area (Å²) in [5.41, 5.74) is 18.4. The van der Waals surface area contributed by atoms with Gasteiger partial charge in [0.25, 0.3) is 0 Å². The monoisotopic (exact) mass is 553 g/mol. The van der Waals surface area contributed by atoms with E-state index < -0.39 is 0 Å². The van der Waals surface area contributed by atoms with Crippen molar-refractivity contribution in [3.8, 4) is 22.3 Å². The lowest BCUT2D eigenvalue weighted by molar-refractivity contribution is 0.661. The summed E-state index contributed by atoms with van der Waals surface area (Å²) in [4.78, 5) is 10.8. The van der Waals surface area contributed by atoms with Gasteiger partial charge in [-0.2, -0.15) is 0 Å². The number of fused-ring (bicyclic) bond motifs is 18. The van der Waals surface area contributed by atoms with Crippen molar-refractivity contribution in [3.05, 3.63) is 113 Å². The van der Waals surface area contributed by atoms with Gasteiger partial charge in [0.1, 0.15) is 5.52 Å². The Morgan fingerprint density at radius 1 is 0.488 bits per heavy atom. The van der Waals surface area contributed by atoms with Crippen LogP contribution >= 0.6 is 0 Å². The molecule has 0 spiro atoms. The fraction of sp³-hybridized carbons (Fsp3) is 0.158. The zero-order chi connectivity index (χ0) is 28.6. The van der Waals surface area contributed by atoms with Crippen molar-refractivity contribution >= 4 is 50.2 Å². The second kappa shape index (κ2) is 6.73. The molecule has 0 atom stereocenters. The molecule has 0 fully saturated rings. The van der Waals surface area contributed by atoms with E-state index in [-0.39, 0.29) is 10.8 Å². The van der Waals surface area contributed by atoms with Gasteiger partial charge in [0.05, 0.1) is 33.1 Å². The fourth-order valence-electron chi connectivity index (χ4n) is 8.89. The van der Waals surface area contributed by atoms with E-state index in [1.54, 1.807) is 0 Å². The van der Waals surface area contributed by atoms with Gasteiger partial charge in [-0.05, 0) is 63.2 Å². The molecule has 5 heteroatoms. The van der Waals surface area contributed by atoms with E-state index >= 15 is 0 Å². The molecule has 43 heavy (non-hydrogen) atoms. The molecule has 0 aliphatic heterocycles. The van der Waals surface area contributed by atoms with Crippen molar-refractivity contribution in [1.82, 2.24) is 23.2 Å². The topological polar surface area (TPSA) is 39.0 Å². The molecule has 2 aliphatic carbocycles. The number of rotatable bonds is 0. The van der Waals surface area contributed by atoms with Crippen LogP contribution in [0.3, 0.4) is 0 Å². The van der Waals surface area contributed by atoms with Gasteiger partial charge in [0, 0.05) is 16.4 Å². The molecule has 0 radical (unpaired) electrons. The Balaban J connectivity index is 1.32. The quantitative estimate of drug-likeness (QED) is 0.188. The van der Waals surface area contributed by atoms with Crippen LogP contribution in [0.2, 0.25) is 0 Å². The summed E-state index contributed by atoms with van der Waals surface area (Å²) >= 11 is 0. The number of hydrogen-bond donors (Lipinski definition) is 0. The van der Waals surface area contributed by atoms with Crippen LogP contribution in [-0.4, -0.2) is 23.2 Å². The SMILES string of the molecule is CC1(C)c2ccccc2-c2c1ccc1nc3n(c4cccc5c4n3c3nc4c6c(ccc4n53)-c3ccccc3C6(C)C)c21. The molecule has 5 aromatic carbocycles. The summed E-state index contributed by atoms with van der Waals surface area (Å²) in [6.45, 7) is 9.35. The highest BCUT2D eigenvalue weighted by Gasteiger charge is 2.40. The summed E-state index contributed by atoms with van der Waals surface area (Å²) in [5.74, 6) is 1.84. The van der Waals surface area contributed by atoms with Crippen LogP contribution in [0.25, 0.3) is 72.4 Å². The molecule has 204 valence electrons. The average molecular weight is 554 g/mol. The first-order valence-corrected chi connectivity index (χ1v) is 15.1. The zero-order valence-electron chi connectivity index (χ0n) is 24.4. The Morgan fingerprint density at radius 3 is 2.00 bits per heavy atom. The van der Waals surface area contributed by atoms with E-state index in [1.807, 2.05) is 0 Å². The molecule has 4 heterocycles. The van der Waals surface area contributed by atoms with E-state index in [0.29, 0.717) is 0 Å². The number of nitrogens with zero attached hydrogens (tertiary/aromatic N) is 5. The minimum Gasteiger partial charge on any atom is -0.276 e. The predicted molar refractivity (Wildman–Crippen MR) is 174 cm³/mol. The number of benzene rings is 5. The highest BCUT2D eigenvalue weighted by Crippen LogP contribution is 2.53. The summed E-state index contributed by atoms with van der Waals surface area (Å²) in [7, 11) is 0. The fourth-order valence-corrected chi connectivity index (χ4v) is 8.89. The molecule has 0 bridgehead atoms. The summed E-state index contributed by atoms with van der Waals surface area (Å²) in [5, 5.41) is 0. The molecule has 0 saturated heterocycles. The highest BCUT2D eigenvalue weighted by molar-refractivity contribution is 6.08. The van der Waals surface area contributed by atoms with Gasteiger partial charge in [-0.1, -0.05) is 94.4 Å². The number of hydrogen-bond acceptors (Lipinski definition) is 2. The Hall–Kier alpha value is -5.16. The largest absolute Gasteiger partial charge is 0.276 e. The zero-order valence-corrected chi connectivity index (χ0v) is 24.4. The van der Waals surface area contributed by atoms with Gasteiger partial charge < -0.3 is 0 Å². The second-order valence-corrected chi connectivity index (χ2v) is 13.5. The number of aromatic nitrogens is 5. The smallest absolute Gasteiger partial charge is 0.223 e. The minimum absolute atomic E-state index is 0.0659. The van der Waals surface area contributed by atoms with Crippen molar-refractivity contribution in [2.75, 3.05) is 0 Å². The number of para-hydroxylation sites is 1. The van der Waals surface area contributed by atoms with E-state index in [2.05, 4.69) is 132 Å². The lowest BCUT2D eigenvalue weighted by atomic mass is 9.82. The molecule has 0 unspecified atom stereocenters. The van der Waals surface area contributed by atoms with Crippen LogP contribution in [0, 0.1) is 0 Å². The summed E-state index contributed by atoms with van der Waals surface area (Å²) in [6.07, 6.45) is 0. The molecular weight excluding hydrogens is 526 g/mol. The molecular formula is C38H27N5. The van der Waals surface area contributed by atoms with Gasteiger partial charge in [0.15, 0.2) is 0 Å². The molecule has 11 rings (SSSR count). The first-order chi connectivity index (χ1) is 20.9. The van der Waals surface area contributed by atoms with Crippen LogP contribution < -0.4 is 0 Å². The maximum Gasteiger partial charge on any atom is 0.223 e. The Labute approximate surface area is 247 Å². The molecule has 0 saturated carbocycles. The van der Waals surface area contributed by atoms with Crippen LogP contribution in [0.15, 0.2) is 91.0 Å². The summed E-state index contributed by atoms with van der Waals surface area (Å²) in [6, 6.07) is 33.4. The first kappa shape index (κ1) is 22.4. The highest BCUT2D eigenvalue weighted by atomic mass is 15.3. The number of imidazole rings is 4. The first-order valence-electron chi connectivity index (χ1n) is 15.1. The van der Waals surface area contributed by atoms with Crippen molar-refractivity contribution in [2.45, 2.75) is 38.5 Å². The third-order valence-corrected chi connectivity index (χ3v) is 10.8. The molecule has 0 N–H and O–H groups in total. The van der Waals surface area contributed by atoms with Gasteiger partial charge >= 0.3 is 0 Å². The molecule has 2 aliphatic rings. The summed E-state index contributed by atoms with van der Waals surface area (Å²) < 4.78 is 7.03. The maximum atomic E-state index is 5.48. The Morgan fingerprint density at radius 2 is 1.19 bits per heavy atom. The van der Waals surface area contributed by atoms with Gasteiger partial charge in [-0.15, -0.1) is 0 Å². The van der Waals surface area contributed by atoms with E-state index in [1.165, 1.54) is 55.5 Å². The molecule has 0 amide bonds. The molecule has 9 aromatic rings. The lowest BCUT2D eigenvalue weighted by Gasteiger charge is -2.21. The predicted octanol–water partition coefficient (Wildman–Crippen LogP) is 8.74. The van der Waals surface area contributed by atoms with E-state index in [0.717, 1.165) is 39.1 Å². The average Bonchev–Trinajstić information content (AvgIpc) is 3.80. The van der Waals surface area contributed by atoms with E-state index in [9.17, 15) is 0 Å². The maximum absolute atomic E-state index is 5.48. The van der Waals surface area contributed by atoms with Crippen LogP contribution in [0.1, 0.15) is 49.9 Å². The van der Waals surface area contributed by atoms with Crippen molar-refractivity contribution < 1.29 is 0 Å². The van der Waals surface area contributed by atoms with Crippen LogP contribution in [0.5, 0.6) is 0 Å². The third-order valence-electron chi connectivity index (χ3n) is 10.8. The molecule has 4 aromatic heterocycles. The second-order valence-electron chi connectivity index (χ2n) is 13.5. The normalized spacial score (nSPS) is 16.3. The van der Waals surface area contributed by atoms with Crippen LogP contribution in [-0.2, 0) is 10.8 Å². The third kappa shape index (κ3) is 2.25. The molecule has 5 nitrogen and oxygen atoms in total. The van der Waals surface area contributed by atoms with Crippen LogP contribution in [0.4, 0.5) is 0 Å². The van der Waals surface area contributed by atoms with Gasteiger partial charge in [-0.25, -0.2) is 14.4 Å². The van der Waals surface area contributed by atoms with E-state index in [4.69, 9.17) is 9.97 Å². The van der Waals surface area contributed by atoms with Crippen molar-refractivity contribution in [3.63, 3.8) is 0 Å². The Kier molecular flexibility index (Phi) is 3.51. The van der Waals surface area contributed by atoms with Crippen molar-refractivity contribution in [2.24, 2.45) is 0 Å². The minimum atomic E-state index is -0.134. The Bertz CT molecular complexity index is 2730. The lowest BCUT2D eigenvalue weighted by Crippen LogP contribution is -2.15.